The SMILES string of the molecule is COc1cc(-c2nc3sc4c(c3c(=O)[nH]2)CCCC4)cc(Br)c1OCCOc1ccc(C(C)(C)C)cc1. The van der Waals surface area contributed by atoms with Crippen molar-refractivity contribution in [2.24, 2.45) is 0 Å². The van der Waals surface area contributed by atoms with Crippen LogP contribution in [0.5, 0.6) is 17.2 Å². The van der Waals surface area contributed by atoms with Crippen LogP contribution in [-0.2, 0) is 18.3 Å². The Morgan fingerprint density at radius 3 is 2.51 bits per heavy atom. The number of halogens is 1. The summed E-state index contributed by atoms with van der Waals surface area (Å²) in [4.78, 5) is 22.9. The first-order chi connectivity index (χ1) is 17.7. The van der Waals surface area contributed by atoms with E-state index in [0.29, 0.717) is 35.0 Å². The van der Waals surface area contributed by atoms with Gasteiger partial charge in [0.05, 0.1) is 17.0 Å². The fourth-order valence-corrected chi connectivity index (χ4v) is 6.47. The third kappa shape index (κ3) is 5.41. The lowest BCUT2D eigenvalue weighted by molar-refractivity contribution is 0.210. The van der Waals surface area contributed by atoms with E-state index in [0.717, 1.165) is 40.8 Å². The number of rotatable bonds is 7. The monoisotopic (exact) mass is 582 g/mol. The zero-order chi connectivity index (χ0) is 26.2. The Bertz CT molecular complexity index is 1490. The molecule has 0 saturated carbocycles. The van der Waals surface area contributed by atoms with Crippen molar-refractivity contribution in [1.29, 1.82) is 0 Å². The maximum absolute atomic E-state index is 13.0. The molecule has 0 aliphatic heterocycles. The summed E-state index contributed by atoms with van der Waals surface area (Å²) in [5, 5.41) is 0.752. The summed E-state index contributed by atoms with van der Waals surface area (Å²) >= 11 is 5.25. The largest absolute Gasteiger partial charge is 0.493 e. The summed E-state index contributed by atoms with van der Waals surface area (Å²) in [6.45, 7) is 7.30. The van der Waals surface area contributed by atoms with Gasteiger partial charge in [0, 0.05) is 10.4 Å². The van der Waals surface area contributed by atoms with Gasteiger partial charge in [0.2, 0.25) is 0 Å². The van der Waals surface area contributed by atoms with Crippen molar-refractivity contribution in [3.8, 4) is 28.6 Å². The average molecular weight is 584 g/mol. The van der Waals surface area contributed by atoms with Crippen molar-refractivity contribution in [1.82, 2.24) is 9.97 Å². The first kappa shape index (κ1) is 25.8. The van der Waals surface area contributed by atoms with Crippen LogP contribution in [-0.4, -0.2) is 30.3 Å². The molecule has 0 amide bonds. The third-order valence-electron chi connectivity index (χ3n) is 6.65. The molecule has 4 aromatic rings. The summed E-state index contributed by atoms with van der Waals surface area (Å²) in [5.41, 5.74) is 3.22. The normalized spacial score (nSPS) is 13.4. The van der Waals surface area contributed by atoms with Crippen LogP contribution in [0.4, 0.5) is 0 Å². The number of aromatic amines is 1. The molecule has 1 N–H and O–H groups in total. The Morgan fingerprint density at radius 1 is 1.05 bits per heavy atom. The average Bonchev–Trinajstić information content (AvgIpc) is 3.25. The number of H-pyrrole nitrogens is 1. The van der Waals surface area contributed by atoms with Crippen LogP contribution >= 0.6 is 27.3 Å². The van der Waals surface area contributed by atoms with Crippen molar-refractivity contribution in [3.05, 3.63) is 67.2 Å². The van der Waals surface area contributed by atoms with Crippen LogP contribution in [0, 0.1) is 0 Å². The molecule has 2 aromatic carbocycles. The van der Waals surface area contributed by atoms with E-state index < -0.39 is 0 Å². The molecule has 0 radical (unpaired) electrons. The minimum absolute atomic E-state index is 0.0810. The highest BCUT2D eigenvalue weighted by Gasteiger charge is 2.21. The summed E-state index contributed by atoms with van der Waals surface area (Å²) < 4.78 is 18.2. The molecule has 0 saturated heterocycles. The zero-order valence-electron chi connectivity index (χ0n) is 21.6. The predicted molar refractivity (Wildman–Crippen MR) is 153 cm³/mol. The van der Waals surface area contributed by atoms with Gasteiger partial charge in [-0.2, -0.15) is 0 Å². The summed E-state index contributed by atoms with van der Waals surface area (Å²) in [6, 6.07) is 11.9. The topological polar surface area (TPSA) is 73.4 Å². The molecule has 37 heavy (non-hydrogen) atoms. The third-order valence-corrected chi connectivity index (χ3v) is 8.42. The van der Waals surface area contributed by atoms with Crippen LogP contribution < -0.4 is 19.8 Å². The van der Waals surface area contributed by atoms with Gasteiger partial charge in [0.25, 0.3) is 5.56 Å². The minimum atomic E-state index is -0.0810. The Labute approximate surface area is 229 Å². The van der Waals surface area contributed by atoms with Crippen molar-refractivity contribution < 1.29 is 14.2 Å². The molecule has 0 atom stereocenters. The Morgan fingerprint density at radius 2 is 1.78 bits per heavy atom. The number of nitrogens with zero attached hydrogens (tertiary/aromatic N) is 1. The van der Waals surface area contributed by atoms with Gasteiger partial charge in [-0.15, -0.1) is 11.3 Å². The fraction of sp³-hybridized carbons (Fsp3) is 0.379. The van der Waals surface area contributed by atoms with E-state index in [2.05, 4.69) is 53.8 Å². The van der Waals surface area contributed by atoms with E-state index in [1.165, 1.54) is 22.4 Å². The molecule has 0 spiro atoms. The fourth-order valence-electron chi connectivity index (χ4n) is 4.65. The molecule has 0 fully saturated rings. The molecular formula is C29H31BrN2O4S. The summed E-state index contributed by atoms with van der Waals surface area (Å²) in [7, 11) is 1.60. The van der Waals surface area contributed by atoms with Gasteiger partial charge in [-0.1, -0.05) is 32.9 Å². The summed E-state index contributed by atoms with van der Waals surface area (Å²) in [6.07, 6.45) is 4.28. The number of benzene rings is 2. The van der Waals surface area contributed by atoms with Gasteiger partial charge in [-0.3, -0.25) is 4.79 Å². The predicted octanol–water partition coefficient (Wildman–Crippen LogP) is 7.06. The molecule has 6 nitrogen and oxygen atoms in total. The molecular weight excluding hydrogens is 552 g/mol. The Kier molecular flexibility index (Phi) is 7.32. The molecule has 0 bridgehead atoms. The molecule has 1 aliphatic rings. The number of fused-ring (bicyclic) bond motifs is 3. The van der Waals surface area contributed by atoms with E-state index in [1.807, 2.05) is 24.3 Å². The van der Waals surface area contributed by atoms with Gasteiger partial charge in [0.1, 0.15) is 29.6 Å². The van der Waals surface area contributed by atoms with Crippen LogP contribution in [0.3, 0.4) is 0 Å². The second kappa shape index (κ2) is 10.5. The first-order valence-electron chi connectivity index (χ1n) is 12.5. The maximum Gasteiger partial charge on any atom is 0.260 e. The van der Waals surface area contributed by atoms with Gasteiger partial charge in [-0.05, 0) is 82.4 Å². The number of ether oxygens (including phenoxy) is 3. The number of nitrogens with one attached hydrogen (secondary N) is 1. The number of hydrogen-bond acceptors (Lipinski definition) is 6. The Balaban J connectivity index is 1.31. The van der Waals surface area contributed by atoms with Gasteiger partial charge in [0.15, 0.2) is 11.5 Å². The molecule has 2 heterocycles. The molecule has 2 aromatic heterocycles. The lowest BCUT2D eigenvalue weighted by Gasteiger charge is -2.19. The van der Waals surface area contributed by atoms with E-state index in [9.17, 15) is 4.79 Å². The number of aromatic nitrogens is 2. The molecule has 194 valence electrons. The first-order valence-corrected chi connectivity index (χ1v) is 14.1. The van der Waals surface area contributed by atoms with E-state index >= 15 is 0 Å². The van der Waals surface area contributed by atoms with E-state index in [-0.39, 0.29) is 11.0 Å². The van der Waals surface area contributed by atoms with Gasteiger partial charge >= 0.3 is 0 Å². The standard InChI is InChI=1S/C29H31BrN2O4S/c1-29(2,3)18-9-11-19(12-10-18)35-13-14-36-25-21(30)15-17(16-22(25)34-4)26-31-27(33)24-20-7-5-6-8-23(20)37-28(24)32-26/h9-12,15-16H,5-8,13-14H2,1-4H3,(H,31,32,33). The number of thiophene rings is 1. The zero-order valence-corrected chi connectivity index (χ0v) is 24.0. The Hall–Kier alpha value is -2.84. The molecule has 1 aliphatic carbocycles. The van der Waals surface area contributed by atoms with Crippen molar-refractivity contribution in [2.75, 3.05) is 20.3 Å². The molecule has 0 unspecified atom stereocenters. The second-order valence-corrected chi connectivity index (χ2v) is 12.2. The highest BCUT2D eigenvalue weighted by atomic mass is 79.9. The van der Waals surface area contributed by atoms with Crippen LogP contribution in [0.1, 0.15) is 49.6 Å². The number of aryl methyl sites for hydroxylation is 2. The van der Waals surface area contributed by atoms with Crippen LogP contribution in [0.2, 0.25) is 0 Å². The van der Waals surface area contributed by atoms with Crippen LogP contribution in [0.15, 0.2) is 45.7 Å². The van der Waals surface area contributed by atoms with Crippen molar-refractivity contribution in [2.45, 2.75) is 51.9 Å². The second-order valence-electron chi connectivity index (χ2n) is 10.3. The van der Waals surface area contributed by atoms with Crippen molar-refractivity contribution in [3.63, 3.8) is 0 Å². The number of hydrogen-bond donors (Lipinski definition) is 1. The minimum Gasteiger partial charge on any atom is -0.493 e. The van der Waals surface area contributed by atoms with Gasteiger partial charge in [-0.25, -0.2) is 4.98 Å². The lowest BCUT2D eigenvalue weighted by atomic mass is 9.87. The van der Waals surface area contributed by atoms with Crippen LogP contribution in [0.25, 0.3) is 21.6 Å². The quantitative estimate of drug-likeness (QED) is 0.236. The number of methoxy groups -OCH3 is 1. The lowest BCUT2D eigenvalue weighted by Crippen LogP contribution is -2.12. The van der Waals surface area contributed by atoms with Gasteiger partial charge < -0.3 is 19.2 Å². The smallest absolute Gasteiger partial charge is 0.260 e. The maximum atomic E-state index is 13.0. The molecule has 8 heteroatoms. The van der Waals surface area contributed by atoms with E-state index in [4.69, 9.17) is 19.2 Å². The van der Waals surface area contributed by atoms with E-state index in [1.54, 1.807) is 18.4 Å². The van der Waals surface area contributed by atoms with Crippen molar-refractivity contribution >= 4 is 37.5 Å². The highest BCUT2D eigenvalue weighted by Crippen LogP contribution is 2.40. The highest BCUT2D eigenvalue weighted by molar-refractivity contribution is 9.10. The molecule has 5 rings (SSSR count). The summed E-state index contributed by atoms with van der Waals surface area (Å²) in [5.74, 6) is 2.45.